The van der Waals surface area contributed by atoms with Gasteiger partial charge in [-0.05, 0) is 37.0 Å². The number of carbonyl (C=O) groups is 1. The number of likely N-dealkylation sites (tertiary alicyclic amines) is 1. The van der Waals surface area contributed by atoms with E-state index in [1.165, 1.54) is 11.3 Å². The van der Waals surface area contributed by atoms with Gasteiger partial charge < -0.3 is 4.90 Å². The number of piperidine rings is 1. The van der Waals surface area contributed by atoms with Crippen molar-refractivity contribution in [1.82, 2.24) is 19.5 Å². The smallest absolute Gasteiger partial charge is 0.226 e. The molecule has 0 radical (unpaired) electrons. The average Bonchev–Trinajstić information content (AvgIpc) is 3.12. The van der Waals surface area contributed by atoms with Gasteiger partial charge in [-0.3, -0.25) is 4.79 Å². The number of hydrogen-bond acceptors (Lipinski definition) is 3. The first-order chi connectivity index (χ1) is 12.2. The van der Waals surface area contributed by atoms with Crippen LogP contribution >= 0.6 is 0 Å². The van der Waals surface area contributed by atoms with E-state index in [-0.39, 0.29) is 5.91 Å². The summed E-state index contributed by atoms with van der Waals surface area (Å²) in [5.74, 6) is 0.652. The lowest BCUT2D eigenvalue weighted by atomic mass is 9.92. The Morgan fingerprint density at radius 3 is 2.72 bits per heavy atom. The Kier molecular flexibility index (Phi) is 4.22. The minimum Gasteiger partial charge on any atom is -0.342 e. The molecule has 128 valence electrons. The Morgan fingerprint density at radius 2 is 1.92 bits per heavy atom. The Hall–Kier alpha value is -2.69. The van der Waals surface area contributed by atoms with Gasteiger partial charge in [-0.25, -0.2) is 9.50 Å². The lowest BCUT2D eigenvalue weighted by Gasteiger charge is -2.32. The van der Waals surface area contributed by atoms with Gasteiger partial charge >= 0.3 is 0 Å². The van der Waals surface area contributed by atoms with Crippen molar-refractivity contribution in [1.29, 1.82) is 0 Å². The Bertz CT molecular complexity index is 893. The van der Waals surface area contributed by atoms with E-state index in [0.29, 0.717) is 12.3 Å². The van der Waals surface area contributed by atoms with E-state index >= 15 is 0 Å². The first-order valence-electron chi connectivity index (χ1n) is 8.83. The highest BCUT2D eigenvalue weighted by molar-refractivity contribution is 5.79. The zero-order chi connectivity index (χ0) is 17.2. The minimum atomic E-state index is 0.228. The summed E-state index contributed by atoms with van der Waals surface area (Å²) in [5, 5.41) is 4.39. The molecule has 0 N–H and O–H groups in total. The molecule has 0 unspecified atom stereocenters. The van der Waals surface area contributed by atoms with Gasteiger partial charge in [0.1, 0.15) is 0 Å². The highest BCUT2D eigenvalue weighted by atomic mass is 16.2. The van der Waals surface area contributed by atoms with Crippen molar-refractivity contribution in [3.05, 3.63) is 65.6 Å². The fourth-order valence-electron chi connectivity index (χ4n) is 3.67. The predicted molar refractivity (Wildman–Crippen MR) is 96.4 cm³/mol. The van der Waals surface area contributed by atoms with Crippen molar-refractivity contribution in [2.45, 2.75) is 32.1 Å². The van der Waals surface area contributed by atoms with Crippen LogP contribution in [-0.4, -0.2) is 38.5 Å². The standard InChI is InChI=1S/C20H22N4O/c1-15-4-2-3-5-17(15)14-20(25)23-12-8-16(9-13-23)18-6-10-21-19-7-11-22-24(18)19/h2-7,10-11,16H,8-9,12-14H2,1H3. The van der Waals surface area contributed by atoms with E-state index < -0.39 is 0 Å². The number of nitrogens with zero attached hydrogens (tertiary/aromatic N) is 4. The van der Waals surface area contributed by atoms with Crippen LogP contribution in [0.15, 0.2) is 48.8 Å². The Labute approximate surface area is 147 Å². The molecule has 5 heteroatoms. The molecule has 1 saturated heterocycles. The molecule has 0 saturated carbocycles. The van der Waals surface area contributed by atoms with E-state index in [1.54, 1.807) is 6.20 Å². The first-order valence-corrected chi connectivity index (χ1v) is 8.83. The molecule has 0 aliphatic carbocycles. The van der Waals surface area contributed by atoms with Gasteiger partial charge in [0.15, 0.2) is 5.65 Å². The first kappa shape index (κ1) is 15.8. The second-order valence-electron chi connectivity index (χ2n) is 6.73. The van der Waals surface area contributed by atoms with Crippen molar-refractivity contribution in [2.75, 3.05) is 13.1 Å². The van der Waals surface area contributed by atoms with Crippen LogP contribution in [0.2, 0.25) is 0 Å². The maximum atomic E-state index is 12.6. The monoisotopic (exact) mass is 334 g/mol. The van der Waals surface area contributed by atoms with Crippen LogP contribution in [0.1, 0.15) is 35.6 Å². The summed E-state index contributed by atoms with van der Waals surface area (Å²) in [6.07, 6.45) is 6.07. The largest absolute Gasteiger partial charge is 0.342 e. The van der Waals surface area contributed by atoms with Crippen molar-refractivity contribution >= 4 is 11.6 Å². The third-order valence-electron chi connectivity index (χ3n) is 5.19. The highest BCUT2D eigenvalue weighted by Crippen LogP contribution is 2.28. The molecule has 1 aliphatic rings. The lowest BCUT2D eigenvalue weighted by Crippen LogP contribution is -2.39. The van der Waals surface area contributed by atoms with Crippen LogP contribution in [-0.2, 0) is 11.2 Å². The molecule has 1 amide bonds. The molecule has 1 aliphatic heterocycles. The van der Waals surface area contributed by atoms with Gasteiger partial charge in [-0.1, -0.05) is 24.3 Å². The zero-order valence-corrected chi connectivity index (χ0v) is 14.4. The number of benzene rings is 1. The second kappa shape index (κ2) is 6.67. The maximum Gasteiger partial charge on any atom is 0.226 e. The van der Waals surface area contributed by atoms with Gasteiger partial charge in [0.05, 0.1) is 12.6 Å². The molecule has 3 aromatic rings. The summed E-state index contributed by atoms with van der Waals surface area (Å²) in [4.78, 5) is 19.0. The van der Waals surface area contributed by atoms with E-state index in [1.807, 2.05) is 39.9 Å². The zero-order valence-electron chi connectivity index (χ0n) is 14.4. The van der Waals surface area contributed by atoms with E-state index in [0.717, 1.165) is 37.1 Å². The number of fused-ring (bicyclic) bond motifs is 1. The van der Waals surface area contributed by atoms with Crippen LogP contribution in [0.25, 0.3) is 5.65 Å². The lowest BCUT2D eigenvalue weighted by molar-refractivity contribution is -0.131. The maximum absolute atomic E-state index is 12.6. The van der Waals surface area contributed by atoms with Gasteiger partial charge in [0.25, 0.3) is 0 Å². The summed E-state index contributed by atoms with van der Waals surface area (Å²) in [5.41, 5.74) is 4.39. The molecule has 3 heterocycles. The van der Waals surface area contributed by atoms with Crippen LogP contribution < -0.4 is 0 Å². The van der Waals surface area contributed by atoms with E-state index in [4.69, 9.17) is 0 Å². The third kappa shape index (κ3) is 3.14. The van der Waals surface area contributed by atoms with Crippen LogP contribution in [0, 0.1) is 6.92 Å². The van der Waals surface area contributed by atoms with Crippen molar-refractivity contribution < 1.29 is 4.79 Å². The number of carbonyl (C=O) groups excluding carboxylic acids is 1. The van der Waals surface area contributed by atoms with Gasteiger partial charge in [0.2, 0.25) is 5.91 Å². The van der Waals surface area contributed by atoms with Gasteiger partial charge in [-0.15, -0.1) is 0 Å². The number of hydrogen-bond donors (Lipinski definition) is 0. The molecule has 1 fully saturated rings. The fourth-order valence-corrected chi connectivity index (χ4v) is 3.67. The molecule has 1 aromatic carbocycles. The van der Waals surface area contributed by atoms with Crippen molar-refractivity contribution in [3.63, 3.8) is 0 Å². The molecule has 0 bridgehead atoms. The second-order valence-corrected chi connectivity index (χ2v) is 6.73. The van der Waals surface area contributed by atoms with Gasteiger partial charge in [-0.2, -0.15) is 5.10 Å². The summed E-state index contributed by atoms with van der Waals surface area (Å²) in [6.45, 7) is 3.68. The number of amides is 1. The predicted octanol–water partition coefficient (Wildman–Crippen LogP) is 2.99. The average molecular weight is 334 g/mol. The van der Waals surface area contributed by atoms with Crippen LogP contribution in [0.3, 0.4) is 0 Å². The van der Waals surface area contributed by atoms with E-state index in [9.17, 15) is 4.79 Å². The van der Waals surface area contributed by atoms with Crippen LogP contribution in [0.4, 0.5) is 0 Å². The number of aromatic nitrogens is 3. The van der Waals surface area contributed by atoms with E-state index in [2.05, 4.69) is 29.1 Å². The Balaban J connectivity index is 1.42. The van der Waals surface area contributed by atoms with Gasteiger partial charge in [0, 0.05) is 37.0 Å². The minimum absolute atomic E-state index is 0.228. The molecular weight excluding hydrogens is 312 g/mol. The number of aryl methyl sites for hydroxylation is 1. The summed E-state index contributed by atoms with van der Waals surface area (Å²) in [7, 11) is 0. The number of rotatable bonds is 3. The third-order valence-corrected chi connectivity index (χ3v) is 5.19. The highest BCUT2D eigenvalue weighted by Gasteiger charge is 2.25. The molecule has 2 aromatic heterocycles. The fraction of sp³-hybridized carbons (Fsp3) is 0.350. The summed E-state index contributed by atoms with van der Waals surface area (Å²) >= 11 is 0. The topological polar surface area (TPSA) is 50.5 Å². The van der Waals surface area contributed by atoms with Crippen LogP contribution in [0.5, 0.6) is 0 Å². The summed E-state index contributed by atoms with van der Waals surface area (Å²) < 4.78 is 1.93. The molecule has 4 rings (SSSR count). The molecular formula is C20H22N4O. The SMILES string of the molecule is Cc1ccccc1CC(=O)N1CCC(c2ccnc3ccnn23)CC1. The Morgan fingerprint density at radius 1 is 1.12 bits per heavy atom. The quantitative estimate of drug-likeness (QED) is 0.740. The van der Waals surface area contributed by atoms with Crippen molar-refractivity contribution in [3.8, 4) is 0 Å². The molecule has 25 heavy (non-hydrogen) atoms. The summed E-state index contributed by atoms with van der Waals surface area (Å²) in [6, 6.07) is 12.1. The normalized spacial score (nSPS) is 15.6. The van der Waals surface area contributed by atoms with Crippen molar-refractivity contribution in [2.24, 2.45) is 0 Å². The molecule has 5 nitrogen and oxygen atoms in total. The molecule has 0 spiro atoms. The molecule has 0 atom stereocenters.